The Morgan fingerprint density at radius 2 is 1.83 bits per heavy atom. The number of amides is 1. The predicted octanol–water partition coefficient (Wildman–Crippen LogP) is 1.01. The van der Waals surface area contributed by atoms with Crippen molar-refractivity contribution in [1.29, 1.82) is 0 Å². The van der Waals surface area contributed by atoms with Crippen LogP contribution < -0.4 is 4.90 Å². The zero-order valence-corrected chi connectivity index (χ0v) is 14.6. The monoisotopic (exact) mass is 339 g/mol. The molecular formula is C16H25N3O3S. The zero-order chi connectivity index (χ0) is 16.9. The molecule has 1 aliphatic heterocycles. The normalized spacial score (nSPS) is 17.7. The van der Waals surface area contributed by atoms with Crippen LogP contribution in [0.15, 0.2) is 30.3 Å². The van der Waals surface area contributed by atoms with Gasteiger partial charge in [-0.25, -0.2) is 12.7 Å². The molecule has 1 fully saturated rings. The second-order valence-corrected chi connectivity index (χ2v) is 7.75. The molecule has 1 amide bonds. The largest absolute Gasteiger partial charge is 0.312 e. The lowest BCUT2D eigenvalue weighted by Gasteiger charge is -2.26. The Morgan fingerprint density at radius 1 is 1.13 bits per heavy atom. The summed E-state index contributed by atoms with van der Waals surface area (Å²) >= 11 is 0. The van der Waals surface area contributed by atoms with Crippen molar-refractivity contribution in [2.24, 2.45) is 0 Å². The van der Waals surface area contributed by atoms with E-state index in [9.17, 15) is 13.2 Å². The first kappa shape index (κ1) is 17.9. The lowest BCUT2D eigenvalue weighted by molar-refractivity contribution is -0.119. The van der Waals surface area contributed by atoms with Crippen LogP contribution in [0.5, 0.6) is 0 Å². The van der Waals surface area contributed by atoms with E-state index in [-0.39, 0.29) is 5.91 Å². The average molecular weight is 339 g/mol. The highest BCUT2D eigenvalue weighted by Gasteiger charge is 2.23. The number of benzene rings is 1. The molecule has 0 bridgehead atoms. The van der Waals surface area contributed by atoms with Gasteiger partial charge < -0.3 is 4.90 Å². The number of anilines is 1. The number of rotatable bonds is 5. The van der Waals surface area contributed by atoms with Crippen LogP contribution in [0.4, 0.5) is 5.69 Å². The van der Waals surface area contributed by atoms with Gasteiger partial charge in [-0.15, -0.1) is 0 Å². The van der Waals surface area contributed by atoms with Gasteiger partial charge >= 0.3 is 0 Å². The van der Waals surface area contributed by atoms with E-state index in [0.29, 0.717) is 32.7 Å². The molecule has 1 saturated heterocycles. The summed E-state index contributed by atoms with van der Waals surface area (Å²) in [6.07, 6.45) is 1.99. The first-order chi connectivity index (χ1) is 10.9. The Bertz CT molecular complexity index is 619. The molecule has 0 radical (unpaired) electrons. The second-order valence-electron chi connectivity index (χ2n) is 5.77. The maximum atomic E-state index is 12.6. The lowest BCUT2D eigenvalue weighted by Crippen LogP contribution is -2.42. The second kappa shape index (κ2) is 7.90. The molecule has 23 heavy (non-hydrogen) atoms. The molecule has 2 rings (SSSR count). The molecule has 0 saturated carbocycles. The molecule has 0 unspecified atom stereocenters. The van der Waals surface area contributed by atoms with Crippen molar-refractivity contribution in [3.8, 4) is 0 Å². The van der Waals surface area contributed by atoms with E-state index in [4.69, 9.17) is 0 Å². The molecule has 1 aromatic carbocycles. The van der Waals surface area contributed by atoms with Crippen molar-refractivity contribution in [3.63, 3.8) is 0 Å². The first-order valence-corrected chi connectivity index (χ1v) is 9.79. The first-order valence-electron chi connectivity index (χ1n) is 7.94. The smallest absolute Gasteiger partial charge is 0.241 e. The third-order valence-electron chi connectivity index (χ3n) is 4.06. The molecule has 0 aliphatic carbocycles. The Morgan fingerprint density at radius 3 is 2.43 bits per heavy atom. The van der Waals surface area contributed by atoms with Crippen molar-refractivity contribution in [2.45, 2.75) is 13.3 Å². The molecule has 128 valence electrons. The van der Waals surface area contributed by atoms with Crippen molar-refractivity contribution in [1.82, 2.24) is 9.21 Å². The summed E-state index contributed by atoms with van der Waals surface area (Å²) in [4.78, 5) is 16.4. The van der Waals surface area contributed by atoms with E-state index in [1.807, 2.05) is 42.2 Å². The van der Waals surface area contributed by atoms with Crippen LogP contribution in [-0.2, 0) is 14.8 Å². The highest BCUT2D eigenvalue weighted by atomic mass is 32.2. The van der Waals surface area contributed by atoms with E-state index >= 15 is 0 Å². The zero-order valence-electron chi connectivity index (χ0n) is 13.8. The quantitative estimate of drug-likeness (QED) is 0.803. The van der Waals surface area contributed by atoms with Gasteiger partial charge in [0, 0.05) is 31.9 Å². The Balaban J connectivity index is 1.97. The topological polar surface area (TPSA) is 60.9 Å². The van der Waals surface area contributed by atoms with E-state index in [0.717, 1.165) is 18.7 Å². The predicted molar refractivity (Wildman–Crippen MR) is 91.9 cm³/mol. The molecular weight excluding hydrogens is 314 g/mol. The molecule has 0 N–H and O–H groups in total. The number of nitrogens with zero attached hydrogens (tertiary/aromatic N) is 3. The van der Waals surface area contributed by atoms with Crippen LogP contribution >= 0.6 is 0 Å². The molecule has 1 aromatic rings. The fourth-order valence-electron chi connectivity index (χ4n) is 2.82. The molecule has 7 heteroatoms. The summed E-state index contributed by atoms with van der Waals surface area (Å²) in [5.41, 5.74) is 0.896. The summed E-state index contributed by atoms with van der Waals surface area (Å²) in [6, 6.07) is 9.61. The average Bonchev–Trinajstić information content (AvgIpc) is 2.74. The number of carbonyl (C=O) groups is 1. The van der Waals surface area contributed by atoms with Crippen LogP contribution in [0.1, 0.15) is 13.3 Å². The van der Waals surface area contributed by atoms with Gasteiger partial charge in [0.25, 0.3) is 0 Å². The minimum atomic E-state index is -3.15. The van der Waals surface area contributed by atoms with E-state index < -0.39 is 10.0 Å². The summed E-state index contributed by atoms with van der Waals surface area (Å²) in [5, 5.41) is 0. The molecule has 6 nitrogen and oxygen atoms in total. The van der Waals surface area contributed by atoms with Crippen molar-refractivity contribution >= 4 is 21.6 Å². The van der Waals surface area contributed by atoms with Crippen LogP contribution in [-0.4, -0.2) is 69.1 Å². The van der Waals surface area contributed by atoms with Crippen LogP contribution in [0, 0.1) is 0 Å². The third kappa shape index (κ3) is 5.02. The molecule has 1 aliphatic rings. The van der Waals surface area contributed by atoms with Crippen molar-refractivity contribution < 1.29 is 13.2 Å². The standard InChI is InChI=1S/C16H25N3O3S/c1-3-19(15-8-5-4-6-9-15)16(20)14-17-10-7-11-18(13-12-17)23(2,21)22/h4-6,8-9H,3,7,10-14H2,1-2H3. The Hall–Kier alpha value is -1.44. The summed E-state index contributed by atoms with van der Waals surface area (Å²) in [7, 11) is -3.15. The van der Waals surface area contributed by atoms with E-state index in [1.54, 1.807) is 4.90 Å². The molecule has 0 spiro atoms. The summed E-state index contributed by atoms with van der Waals surface area (Å²) in [6.45, 7) is 5.20. The van der Waals surface area contributed by atoms with Gasteiger partial charge in [-0.1, -0.05) is 18.2 Å². The van der Waals surface area contributed by atoms with Crippen LogP contribution in [0.25, 0.3) is 0 Å². The maximum Gasteiger partial charge on any atom is 0.241 e. The summed E-state index contributed by atoms with van der Waals surface area (Å²) < 4.78 is 24.8. The molecule has 0 aromatic heterocycles. The van der Waals surface area contributed by atoms with Gasteiger partial charge in [-0.2, -0.15) is 0 Å². The van der Waals surface area contributed by atoms with Gasteiger partial charge in [0.2, 0.25) is 15.9 Å². The van der Waals surface area contributed by atoms with Gasteiger partial charge in [-0.05, 0) is 32.0 Å². The van der Waals surface area contributed by atoms with E-state index in [2.05, 4.69) is 0 Å². The van der Waals surface area contributed by atoms with Crippen molar-refractivity contribution in [3.05, 3.63) is 30.3 Å². The Kier molecular flexibility index (Phi) is 6.15. The van der Waals surface area contributed by atoms with Crippen LogP contribution in [0.2, 0.25) is 0 Å². The number of likely N-dealkylation sites (N-methyl/N-ethyl adjacent to an activating group) is 1. The van der Waals surface area contributed by atoms with Gasteiger partial charge in [0.1, 0.15) is 0 Å². The van der Waals surface area contributed by atoms with E-state index in [1.165, 1.54) is 10.6 Å². The van der Waals surface area contributed by atoms with Crippen LogP contribution in [0.3, 0.4) is 0 Å². The highest BCUT2D eigenvalue weighted by Crippen LogP contribution is 2.14. The molecule has 0 atom stereocenters. The number of hydrogen-bond acceptors (Lipinski definition) is 4. The highest BCUT2D eigenvalue weighted by molar-refractivity contribution is 7.88. The fraction of sp³-hybridized carbons (Fsp3) is 0.562. The SMILES string of the molecule is CCN(C(=O)CN1CCCN(S(C)(=O)=O)CC1)c1ccccc1. The molecule has 1 heterocycles. The number of carbonyl (C=O) groups excluding carboxylic acids is 1. The maximum absolute atomic E-state index is 12.6. The number of hydrogen-bond donors (Lipinski definition) is 0. The minimum Gasteiger partial charge on any atom is -0.312 e. The van der Waals surface area contributed by atoms with Gasteiger partial charge in [0.05, 0.1) is 12.8 Å². The number of para-hydroxylation sites is 1. The fourth-order valence-corrected chi connectivity index (χ4v) is 3.70. The van der Waals surface area contributed by atoms with Crippen molar-refractivity contribution in [2.75, 3.05) is 50.4 Å². The third-order valence-corrected chi connectivity index (χ3v) is 5.36. The lowest BCUT2D eigenvalue weighted by atomic mass is 10.2. The Labute approximate surface area is 138 Å². The van der Waals surface area contributed by atoms with Gasteiger partial charge in [-0.3, -0.25) is 9.69 Å². The number of sulfonamides is 1. The van der Waals surface area contributed by atoms with Gasteiger partial charge in [0.15, 0.2) is 0 Å². The minimum absolute atomic E-state index is 0.0477. The summed E-state index contributed by atoms with van der Waals surface area (Å²) in [5.74, 6) is 0.0477.